The minimum atomic E-state index is -5.08. The SMILES string of the molecule is O=C(O)C(F)(F)F.O=C1[C@@H](NS(=O)(=O)c2cc3ccc(Cl)cc3s2)CCN1Cc1ccc2c(c1)CNCC2. The lowest BCUT2D eigenvalue weighted by Crippen LogP contribution is -2.41. The number of likely N-dealkylation sites (tertiary alicyclic amines) is 1. The lowest BCUT2D eigenvalue weighted by Gasteiger charge is -2.21. The third kappa shape index (κ3) is 6.64. The zero-order valence-electron chi connectivity index (χ0n) is 19.7. The number of hydrogen-bond donors (Lipinski definition) is 3. The van der Waals surface area contributed by atoms with E-state index in [1.165, 1.54) is 11.1 Å². The molecular formula is C24H23ClF3N3O5S2. The summed E-state index contributed by atoms with van der Waals surface area (Å²) in [6, 6.07) is 12.5. The van der Waals surface area contributed by atoms with E-state index in [0.29, 0.717) is 24.5 Å². The third-order valence-electron chi connectivity index (χ3n) is 6.09. The van der Waals surface area contributed by atoms with Crippen molar-refractivity contribution in [2.24, 2.45) is 0 Å². The number of hydrogen-bond acceptors (Lipinski definition) is 6. The fourth-order valence-corrected chi connectivity index (χ4v) is 7.13. The van der Waals surface area contributed by atoms with Crippen LogP contribution < -0.4 is 10.0 Å². The predicted octanol–water partition coefficient (Wildman–Crippen LogP) is 3.91. The number of carbonyl (C=O) groups excluding carboxylic acids is 1. The molecule has 8 nitrogen and oxygen atoms in total. The Labute approximate surface area is 225 Å². The van der Waals surface area contributed by atoms with Gasteiger partial charge in [0.25, 0.3) is 10.0 Å². The number of amides is 1. The first kappa shape index (κ1) is 28.3. The molecule has 1 aromatic heterocycles. The van der Waals surface area contributed by atoms with Crippen molar-refractivity contribution in [2.45, 2.75) is 42.4 Å². The van der Waals surface area contributed by atoms with E-state index in [4.69, 9.17) is 21.5 Å². The molecule has 38 heavy (non-hydrogen) atoms. The van der Waals surface area contributed by atoms with Crippen LogP contribution in [-0.4, -0.2) is 55.6 Å². The zero-order chi connectivity index (χ0) is 27.7. The number of benzene rings is 2. The molecule has 0 aliphatic carbocycles. The van der Waals surface area contributed by atoms with Crippen molar-refractivity contribution in [1.82, 2.24) is 14.9 Å². The van der Waals surface area contributed by atoms with Crippen LogP contribution in [0.2, 0.25) is 5.02 Å². The van der Waals surface area contributed by atoms with E-state index in [-0.39, 0.29) is 10.1 Å². The summed E-state index contributed by atoms with van der Waals surface area (Å²) in [6.07, 6.45) is -3.60. The number of nitrogens with one attached hydrogen (secondary N) is 2. The molecule has 1 atom stereocenters. The fraction of sp³-hybridized carbons (Fsp3) is 0.333. The van der Waals surface area contributed by atoms with E-state index in [1.54, 1.807) is 29.2 Å². The van der Waals surface area contributed by atoms with Crippen molar-refractivity contribution in [2.75, 3.05) is 13.1 Å². The molecule has 0 radical (unpaired) electrons. The van der Waals surface area contributed by atoms with Crippen LogP contribution in [0, 0.1) is 0 Å². The molecule has 5 rings (SSSR count). The monoisotopic (exact) mass is 589 g/mol. The van der Waals surface area contributed by atoms with Crippen molar-refractivity contribution in [3.63, 3.8) is 0 Å². The first-order valence-corrected chi connectivity index (χ1v) is 14.1. The number of carboxylic acids is 1. The van der Waals surface area contributed by atoms with E-state index < -0.39 is 28.2 Å². The Kier molecular flexibility index (Phi) is 8.33. The normalized spacial score (nSPS) is 17.7. The molecule has 0 unspecified atom stereocenters. The van der Waals surface area contributed by atoms with Crippen LogP contribution in [0.25, 0.3) is 10.1 Å². The van der Waals surface area contributed by atoms with Crippen LogP contribution in [0.5, 0.6) is 0 Å². The minimum absolute atomic E-state index is 0.177. The Morgan fingerprint density at radius 3 is 2.63 bits per heavy atom. The van der Waals surface area contributed by atoms with Gasteiger partial charge in [-0.2, -0.15) is 17.9 Å². The van der Waals surface area contributed by atoms with Gasteiger partial charge in [-0.3, -0.25) is 4.79 Å². The smallest absolute Gasteiger partial charge is 0.475 e. The lowest BCUT2D eigenvalue weighted by atomic mass is 9.98. The summed E-state index contributed by atoms with van der Waals surface area (Å²) >= 11 is 7.16. The number of fused-ring (bicyclic) bond motifs is 2. The maximum absolute atomic E-state index is 12.9. The molecule has 1 fully saturated rings. The van der Waals surface area contributed by atoms with Gasteiger partial charge in [-0.1, -0.05) is 35.9 Å². The van der Waals surface area contributed by atoms with Crippen LogP contribution in [0.15, 0.2) is 46.7 Å². The van der Waals surface area contributed by atoms with Gasteiger partial charge in [-0.05, 0) is 59.7 Å². The quantitative estimate of drug-likeness (QED) is 0.416. The van der Waals surface area contributed by atoms with Crippen molar-refractivity contribution in [3.8, 4) is 0 Å². The summed E-state index contributed by atoms with van der Waals surface area (Å²) in [4.78, 5) is 23.5. The second-order valence-corrected chi connectivity index (χ2v) is 12.3. The number of halogens is 4. The summed E-state index contributed by atoms with van der Waals surface area (Å²) in [5, 5.41) is 11.9. The van der Waals surface area contributed by atoms with Crippen LogP contribution in [0.4, 0.5) is 13.2 Å². The van der Waals surface area contributed by atoms with Crippen LogP contribution in [0.3, 0.4) is 0 Å². The van der Waals surface area contributed by atoms with Gasteiger partial charge in [0.2, 0.25) is 5.91 Å². The van der Waals surface area contributed by atoms with Crippen LogP contribution in [-0.2, 0) is 39.1 Å². The molecule has 1 saturated heterocycles. The largest absolute Gasteiger partial charge is 0.490 e. The first-order valence-electron chi connectivity index (χ1n) is 11.5. The van der Waals surface area contributed by atoms with Crippen molar-refractivity contribution < 1.29 is 36.3 Å². The highest BCUT2D eigenvalue weighted by molar-refractivity contribution is 7.91. The van der Waals surface area contributed by atoms with Crippen LogP contribution in [0.1, 0.15) is 23.1 Å². The summed E-state index contributed by atoms with van der Waals surface area (Å²) < 4.78 is 61.1. The second kappa shape index (κ2) is 11.2. The average molecular weight is 590 g/mol. The molecule has 0 saturated carbocycles. The average Bonchev–Trinajstić information content (AvgIpc) is 3.43. The van der Waals surface area contributed by atoms with Crippen molar-refractivity contribution in [1.29, 1.82) is 0 Å². The molecule has 204 valence electrons. The van der Waals surface area contributed by atoms with Gasteiger partial charge >= 0.3 is 12.1 Å². The number of thiophene rings is 1. The number of rotatable bonds is 5. The Hall–Kier alpha value is -2.71. The number of aliphatic carboxylic acids is 1. The topological polar surface area (TPSA) is 116 Å². The number of sulfonamides is 1. The molecule has 1 amide bonds. The zero-order valence-corrected chi connectivity index (χ0v) is 22.1. The Morgan fingerprint density at radius 2 is 1.92 bits per heavy atom. The number of alkyl halides is 3. The summed E-state index contributed by atoms with van der Waals surface area (Å²) in [5.41, 5.74) is 3.70. The number of nitrogens with zero attached hydrogens (tertiary/aromatic N) is 1. The molecule has 3 heterocycles. The highest BCUT2D eigenvalue weighted by atomic mass is 35.5. The maximum atomic E-state index is 12.9. The lowest BCUT2D eigenvalue weighted by molar-refractivity contribution is -0.192. The molecule has 2 aliphatic rings. The molecule has 3 aromatic rings. The van der Waals surface area contributed by atoms with Gasteiger partial charge in [0.15, 0.2) is 0 Å². The summed E-state index contributed by atoms with van der Waals surface area (Å²) in [7, 11) is -3.79. The second-order valence-electron chi connectivity index (χ2n) is 8.80. The van der Waals surface area contributed by atoms with Gasteiger partial charge in [-0.25, -0.2) is 13.2 Å². The molecule has 0 bridgehead atoms. The molecule has 14 heteroatoms. The van der Waals surface area contributed by atoms with Crippen molar-refractivity contribution >= 4 is 54.9 Å². The van der Waals surface area contributed by atoms with E-state index in [9.17, 15) is 26.4 Å². The first-order chi connectivity index (χ1) is 17.8. The molecule has 2 aromatic carbocycles. The third-order valence-corrected chi connectivity index (χ3v) is 9.37. The van der Waals surface area contributed by atoms with Gasteiger partial charge in [0.1, 0.15) is 10.3 Å². The Morgan fingerprint density at radius 1 is 1.18 bits per heavy atom. The summed E-state index contributed by atoms with van der Waals surface area (Å²) in [6.45, 7) is 2.86. The van der Waals surface area contributed by atoms with Crippen molar-refractivity contribution in [3.05, 3.63) is 64.2 Å². The molecule has 2 aliphatic heterocycles. The Bertz CT molecular complexity index is 1480. The Balaban J connectivity index is 0.000000426. The van der Waals surface area contributed by atoms with Gasteiger partial charge < -0.3 is 15.3 Å². The van der Waals surface area contributed by atoms with E-state index >= 15 is 0 Å². The number of carboxylic acid groups (broad SMARTS) is 1. The fourth-order valence-electron chi connectivity index (χ4n) is 4.22. The van der Waals surface area contributed by atoms with E-state index in [0.717, 1.165) is 46.5 Å². The minimum Gasteiger partial charge on any atom is -0.475 e. The standard InChI is InChI=1S/C22H22ClN3O3S2.C2HF3O2/c23-18-4-3-16-10-21(30-20(16)11-18)31(28,29)25-19-6-8-26(22(19)27)13-14-1-2-15-5-7-24-12-17(15)9-14;3-2(4,5)1(6)7/h1-4,9-11,19,24-25H,5-8,12-13H2;(H,6,7)/t19-;/m0./s1. The van der Waals surface area contributed by atoms with E-state index in [2.05, 4.69) is 28.2 Å². The van der Waals surface area contributed by atoms with Gasteiger partial charge in [0.05, 0.1) is 0 Å². The number of carbonyl (C=O) groups is 2. The highest BCUT2D eigenvalue weighted by Crippen LogP contribution is 2.31. The molecular weight excluding hydrogens is 567 g/mol. The maximum Gasteiger partial charge on any atom is 0.490 e. The van der Waals surface area contributed by atoms with Gasteiger partial charge in [-0.15, -0.1) is 11.3 Å². The molecule has 3 N–H and O–H groups in total. The summed E-state index contributed by atoms with van der Waals surface area (Å²) in [5.74, 6) is -2.93. The predicted molar refractivity (Wildman–Crippen MR) is 137 cm³/mol. The van der Waals surface area contributed by atoms with Crippen LogP contribution >= 0.6 is 22.9 Å². The van der Waals surface area contributed by atoms with Gasteiger partial charge in [0, 0.05) is 29.4 Å². The highest BCUT2D eigenvalue weighted by Gasteiger charge is 2.38. The van der Waals surface area contributed by atoms with E-state index in [1.807, 2.05) is 0 Å². The molecule has 0 spiro atoms.